The third kappa shape index (κ3) is 3.90. The van der Waals surface area contributed by atoms with Gasteiger partial charge in [0.2, 0.25) is 17.6 Å². The van der Waals surface area contributed by atoms with Gasteiger partial charge in [0, 0.05) is 24.1 Å². The van der Waals surface area contributed by atoms with Gasteiger partial charge in [-0.15, -0.1) is 0 Å². The Hall–Kier alpha value is -3.00. The van der Waals surface area contributed by atoms with Crippen molar-refractivity contribution in [1.29, 1.82) is 0 Å². The zero-order chi connectivity index (χ0) is 18.6. The van der Waals surface area contributed by atoms with E-state index in [-0.39, 0.29) is 12.5 Å². The molecule has 0 bridgehead atoms. The summed E-state index contributed by atoms with van der Waals surface area (Å²) in [6, 6.07) is 7.27. The van der Waals surface area contributed by atoms with Gasteiger partial charge in [-0.25, -0.2) is 0 Å². The molecule has 2 N–H and O–H groups in total. The van der Waals surface area contributed by atoms with Gasteiger partial charge in [-0.3, -0.25) is 9.89 Å². The molecule has 4 rings (SSSR count). The highest BCUT2D eigenvalue weighted by molar-refractivity contribution is 5.91. The Balaban J connectivity index is 1.45. The maximum absolute atomic E-state index is 11.5. The second-order valence-electron chi connectivity index (χ2n) is 6.58. The van der Waals surface area contributed by atoms with Crippen molar-refractivity contribution in [1.82, 2.24) is 20.3 Å². The smallest absolute Gasteiger partial charge is 0.250 e. The Morgan fingerprint density at radius 3 is 2.89 bits per heavy atom. The first-order valence-corrected chi connectivity index (χ1v) is 8.99. The summed E-state index contributed by atoms with van der Waals surface area (Å²) in [6.07, 6.45) is 5.05. The molecule has 8 heteroatoms. The summed E-state index contributed by atoms with van der Waals surface area (Å²) >= 11 is 0. The number of hydrogen-bond donors (Lipinski definition) is 2. The molecule has 3 aromatic rings. The number of benzene rings is 1. The van der Waals surface area contributed by atoms with Crippen LogP contribution in [0.3, 0.4) is 0 Å². The van der Waals surface area contributed by atoms with Crippen molar-refractivity contribution < 1.29 is 14.1 Å². The van der Waals surface area contributed by atoms with Crippen LogP contribution >= 0.6 is 0 Å². The maximum atomic E-state index is 11.5. The molecule has 8 nitrogen and oxygen atoms in total. The first-order valence-electron chi connectivity index (χ1n) is 8.99. The number of amides is 1. The molecular formula is C19H21N5O3. The van der Waals surface area contributed by atoms with E-state index in [1.807, 2.05) is 12.1 Å². The molecule has 0 radical (unpaired) electrons. The van der Waals surface area contributed by atoms with E-state index in [4.69, 9.17) is 9.26 Å². The van der Waals surface area contributed by atoms with Crippen molar-refractivity contribution >= 4 is 11.6 Å². The van der Waals surface area contributed by atoms with E-state index < -0.39 is 0 Å². The molecule has 0 atom stereocenters. The summed E-state index contributed by atoms with van der Waals surface area (Å²) in [5.74, 6) is 0.862. The molecule has 140 valence electrons. The Morgan fingerprint density at radius 1 is 1.26 bits per heavy atom. The number of aromatic nitrogens is 4. The Labute approximate surface area is 156 Å². The molecule has 0 aliphatic heterocycles. The van der Waals surface area contributed by atoms with E-state index in [1.54, 1.807) is 12.1 Å². The number of carbonyl (C=O) groups excluding carboxylic acids is 1. The normalized spacial score (nSPS) is 13.4. The Bertz CT molecular complexity index is 929. The van der Waals surface area contributed by atoms with Crippen molar-refractivity contribution in [3.63, 3.8) is 0 Å². The number of methoxy groups -OCH3 is 1. The second-order valence-corrected chi connectivity index (χ2v) is 6.58. The van der Waals surface area contributed by atoms with Crippen LogP contribution < -0.4 is 5.32 Å². The fraction of sp³-hybridized carbons (Fsp3) is 0.368. The molecule has 1 aliphatic carbocycles. The lowest BCUT2D eigenvalue weighted by Gasteiger charge is -2.10. The molecule has 0 saturated carbocycles. The van der Waals surface area contributed by atoms with Crippen molar-refractivity contribution in [3.8, 4) is 11.4 Å². The van der Waals surface area contributed by atoms with E-state index >= 15 is 0 Å². The zero-order valence-corrected chi connectivity index (χ0v) is 15.1. The van der Waals surface area contributed by atoms with Gasteiger partial charge in [-0.2, -0.15) is 10.1 Å². The second kappa shape index (κ2) is 7.71. The first kappa shape index (κ1) is 17.4. The van der Waals surface area contributed by atoms with Gasteiger partial charge >= 0.3 is 0 Å². The fourth-order valence-corrected chi connectivity index (χ4v) is 3.31. The molecule has 0 saturated heterocycles. The van der Waals surface area contributed by atoms with Crippen molar-refractivity contribution in [2.45, 2.75) is 32.1 Å². The average molecular weight is 367 g/mol. The van der Waals surface area contributed by atoms with Gasteiger partial charge < -0.3 is 14.6 Å². The fourth-order valence-electron chi connectivity index (χ4n) is 3.31. The predicted octanol–water partition coefficient (Wildman–Crippen LogP) is 2.51. The predicted molar refractivity (Wildman–Crippen MR) is 98.3 cm³/mol. The number of rotatable bonds is 6. The van der Waals surface area contributed by atoms with Crippen LogP contribution in [0.25, 0.3) is 11.4 Å². The molecule has 2 aromatic heterocycles. The first-order chi connectivity index (χ1) is 13.2. The lowest BCUT2D eigenvalue weighted by atomic mass is 9.95. The summed E-state index contributed by atoms with van der Waals surface area (Å²) < 4.78 is 10.2. The summed E-state index contributed by atoms with van der Waals surface area (Å²) in [6.45, 7) is 0.0207. The highest BCUT2D eigenvalue weighted by Gasteiger charge is 2.19. The number of carbonyl (C=O) groups is 1. The molecule has 0 spiro atoms. The molecule has 2 heterocycles. The van der Waals surface area contributed by atoms with Gasteiger partial charge in [-0.1, -0.05) is 5.16 Å². The number of hydrogen-bond acceptors (Lipinski definition) is 6. The van der Waals surface area contributed by atoms with Crippen LogP contribution in [-0.2, 0) is 28.8 Å². The number of aryl methyl sites for hydroxylation is 1. The SMILES string of the molecule is COCC(=O)Nc1ccc(-c2noc(Cc3n[nH]c4c3CCCC4)n2)cc1. The minimum atomic E-state index is -0.200. The van der Waals surface area contributed by atoms with Crippen LogP contribution in [0.5, 0.6) is 0 Å². The van der Waals surface area contributed by atoms with E-state index in [0.29, 0.717) is 23.8 Å². The number of ether oxygens (including phenoxy) is 1. The molecule has 1 aromatic carbocycles. The summed E-state index contributed by atoms with van der Waals surface area (Å²) in [5.41, 5.74) is 5.04. The van der Waals surface area contributed by atoms with E-state index in [1.165, 1.54) is 31.2 Å². The summed E-state index contributed by atoms with van der Waals surface area (Å²) in [7, 11) is 1.48. The highest BCUT2D eigenvalue weighted by atomic mass is 16.5. The number of anilines is 1. The van der Waals surface area contributed by atoms with E-state index in [0.717, 1.165) is 24.1 Å². The van der Waals surface area contributed by atoms with Gasteiger partial charge in [0.1, 0.15) is 6.61 Å². The van der Waals surface area contributed by atoms with E-state index in [9.17, 15) is 4.79 Å². The number of aromatic amines is 1. The van der Waals surface area contributed by atoms with Crippen LogP contribution in [0.2, 0.25) is 0 Å². The van der Waals surface area contributed by atoms with Crippen LogP contribution in [0, 0.1) is 0 Å². The van der Waals surface area contributed by atoms with Gasteiger partial charge in [0.15, 0.2) is 0 Å². The molecule has 27 heavy (non-hydrogen) atoms. The number of H-pyrrole nitrogens is 1. The maximum Gasteiger partial charge on any atom is 0.250 e. The lowest BCUT2D eigenvalue weighted by molar-refractivity contribution is -0.119. The molecule has 1 aliphatic rings. The standard InChI is InChI=1S/C19H21N5O3/c1-26-11-17(25)20-13-8-6-12(7-9-13)19-21-18(27-24-19)10-16-14-4-2-3-5-15(14)22-23-16/h6-9H,2-5,10-11H2,1H3,(H,20,25)(H,22,23). The number of nitrogens with zero attached hydrogens (tertiary/aromatic N) is 3. The monoisotopic (exact) mass is 367 g/mol. The molecule has 0 fully saturated rings. The van der Waals surface area contributed by atoms with Gasteiger partial charge in [0.05, 0.1) is 12.1 Å². The number of fused-ring (bicyclic) bond motifs is 1. The Kier molecular flexibility index (Phi) is 4.97. The summed E-state index contributed by atoms with van der Waals surface area (Å²) in [5, 5.41) is 14.4. The quantitative estimate of drug-likeness (QED) is 0.693. The largest absolute Gasteiger partial charge is 0.375 e. The highest BCUT2D eigenvalue weighted by Crippen LogP contribution is 2.24. The van der Waals surface area contributed by atoms with Gasteiger partial charge in [-0.05, 0) is 55.5 Å². The zero-order valence-electron chi connectivity index (χ0n) is 15.1. The van der Waals surface area contributed by atoms with Crippen molar-refractivity contribution in [2.24, 2.45) is 0 Å². The third-order valence-electron chi connectivity index (χ3n) is 4.63. The van der Waals surface area contributed by atoms with Crippen LogP contribution in [0.15, 0.2) is 28.8 Å². The van der Waals surface area contributed by atoms with Crippen LogP contribution in [0.1, 0.15) is 35.7 Å². The van der Waals surface area contributed by atoms with Crippen LogP contribution in [-0.4, -0.2) is 40.0 Å². The van der Waals surface area contributed by atoms with Crippen LogP contribution in [0.4, 0.5) is 5.69 Å². The van der Waals surface area contributed by atoms with Crippen molar-refractivity contribution in [3.05, 3.63) is 47.1 Å². The van der Waals surface area contributed by atoms with Gasteiger partial charge in [0.25, 0.3) is 0 Å². The topological polar surface area (TPSA) is 106 Å². The van der Waals surface area contributed by atoms with E-state index in [2.05, 4.69) is 25.7 Å². The minimum Gasteiger partial charge on any atom is -0.375 e. The Morgan fingerprint density at radius 2 is 2.07 bits per heavy atom. The molecule has 1 amide bonds. The average Bonchev–Trinajstić information content (AvgIpc) is 3.31. The molecule has 0 unspecified atom stereocenters. The minimum absolute atomic E-state index is 0.0207. The number of nitrogens with one attached hydrogen (secondary N) is 2. The summed E-state index contributed by atoms with van der Waals surface area (Å²) in [4.78, 5) is 16.0. The third-order valence-corrected chi connectivity index (χ3v) is 4.63. The van der Waals surface area contributed by atoms with Crippen molar-refractivity contribution in [2.75, 3.05) is 19.0 Å². The molecular weight excluding hydrogens is 346 g/mol. The lowest BCUT2D eigenvalue weighted by Crippen LogP contribution is -2.16.